The summed E-state index contributed by atoms with van der Waals surface area (Å²) in [4.78, 5) is 33.9. The van der Waals surface area contributed by atoms with Crippen molar-refractivity contribution in [2.24, 2.45) is 11.8 Å². The number of likely N-dealkylation sites (tertiary alicyclic amines) is 1. The molecule has 29 heavy (non-hydrogen) atoms. The van der Waals surface area contributed by atoms with Gasteiger partial charge in [-0.3, -0.25) is 14.6 Å². The molecule has 1 saturated heterocycles. The lowest BCUT2D eigenvalue weighted by atomic mass is 9.81. The van der Waals surface area contributed by atoms with Gasteiger partial charge >= 0.3 is 0 Å². The molecule has 5 nitrogen and oxygen atoms in total. The molecule has 0 aliphatic carbocycles. The number of aromatic nitrogens is 1. The van der Waals surface area contributed by atoms with Gasteiger partial charge in [-0.15, -0.1) is 0 Å². The van der Waals surface area contributed by atoms with Gasteiger partial charge in [-0.1, -0.05) is 42.5 Å². The molecular weight excluding hydrogens is 362 g/mol. The highest BCUT2D eigenvalue weighted by atomic mass is 16.2. The molecule has 4 rings (SSSR count). The van der Waals surface area contributed by atoms with Crippen LogP contribution in [0, 0.1) is 11.8 Å². The predicted molar refractivity (Wildman–Crippen MR) is 112 cm³/mol. The van der Waals surface area contributed by atoms with Crippen molar-refractivity contribution in [3.8, 4) is 0 Å². The standard InChI is InChI=1S/C24H27N3O2/c28-23(21-9-6-13-25-17-21)26-15-11-20(12-16-26)22-10-4-5-14-27(24(22)29)18-19-7-2-1-3-8-19/h1-9,13,17,20,22H,10-12,14-16,18H2/t22-/m0/s1. The van der Waals surface area contributed by atoms with E-state index in [9.17, 15) is 9.59 Å². The minimum Gasteiger partial charge on any atom is -0.339 e. The summed E-state index contributed by atoms with van der Waals surface area (Å²) in [5, 5.41) is 0. The van der Waals surface area contributed by atoms with E-state index in [1.165, 1.54) is 0 Å². The molecular formula is C24H27N3O2. The fourth-order valence-electron chi connectivity index (χ4n) is 4.39. The molecule has 0 spiro atoms. The first kappa shape index (κ1) is 19.4. The van der Waals surface area contributed by atoms with Crippen molar-refractivity contribution in [1.82, 2.24) is 14.8 Å². The second-order valence-corrected chi connectivity index (χ2v) is 7.89. The number of nitrogens with zero attached hydrogens (tertiary/aromatic N) is 3. The lowest BCUT2D eigenvalue weighted by Gasteiger charge is -2.36. The van der Waals surface area contributed by atoms with E-state index in [1.807, 2.05) is 34.1 Å². The number of hydrogen-bond acceptors (Lipinski definition) is 3. The van der Waals surface area contributed by atoms with Crippen LogP contribution in [-0.4, -0.2) is 46.2 Å². The Morgan fingerprint density at radius 1 is 1.03 bits per heavy atom. The molecule has 1 aromatic heterocycles. The number of carbonyl (C=O) groups excluding carboxylic acids is 2. The maximum atomic E-state index is 13.3. The zero-order chi connectivity index (χ0) is 20.1. The van der Waals surface area contributed by atoms with Crippen LogP contribution in [0.4, 0.5) is 0 Å². The molecule has 150 valence electrons. The van der Waals surface area contributed by atoms with E-state index in [0.717, 1.165) is 24.8 Å². The van der Waals surface area contributed by atoms with Gasteiger partial charge in [-0.25, -0.2) is 0 Å². The lowest BCUT2D eigenvalue weighted by molar-refractivity contribution is -0.137. The van der Waals surface area contributed by atoms with E-state index in [0.29, 0.717) is 37.7 Å². The topological polar surface area (TPSA) is 53.5 Å². The molecule has 1 atom stereocenters. The fraction of sp³-hybridized carbons (Fsp3) is 0.375. The summed E-state index contributed by atoms with van der Waals surface area (Å²) in [7, 11) is 0. The van der Waals surface area contributed by atoms with Gasteiger partial charge in [-0.2, -0.15) is 0 Å². The van der Waals surface area contributed by atoms with Crippen molar-refractivity contribution >= 4 is 11.8 Å². The molecule has 5 heteroatoms. The second kappa shape index (κ2) is 9.03. The van der Waals surface area contributed by atoms with Crippen LogP contribution >= 0.6 is 0 Å². The number of allylic oxidation sites excluding steroid dienone is 1. The van der Waals surface area contributed by atoms with Crippen LogP contribution < -0.4 is 0 Å². The Balaban J connectivity index is 1.38. The summed E-state index contributed by atoms with van der Waals surface area (Å²) in [5.41, 5.74) is 1.79. The van der Waals surface area contributed by atoms with E-state index in [4.69, 9.17) is 0 Å². The summed E-state index contributed by atoms with van der Waals surface area (Å²) in [6.45, 7) is 2.72. The number of carbonyl (C=O) groups is 2. The first-order valence-corrected chi connectivity index (χ1v) is 10.4. The van der Waals surface area contributed by atoms with E-state index in [-0.39, 0.29) is 17.7 Å². The average molecular weight is 389 g/mol. The zero-order valence-corrected chi connectivity index (χ0v) is 16.6. The molecule has 2 aliphatic rings. The minimum atomic E-state index is 0.00751. The lowest BCUT2D eigenvalue weighted by Crippen LogP contribution is -2.44. The van der Waals surface area contributed by atoms with Crippen LogP contribution in [0.1, 0.15) is 35.2 Å². The highest BCUT2D eigenvalue weighted by Crippen LogP contribution is 2.31. The Morgan fingerprint density at radius 2 is 1.83 bits per heavy atom. The zero-order valence-electron chi connectivity index (χ0n) is 16.6. The number of benzene rings is 1. The van der Waals surface area contributed by atoms with Gasteiger partial charge in [0.15, 0.2) is 0 Å². The van der Waals surface area contributed by atoms with Crippen molar-refractivity contribution in [2.45, 2.75) is 25.8 Å². The SMILES string of the molecule is O=C(c1cccnc1)N1CCC([C@@H]2CC=CCN(Cc3ccccc3)C2=O)CC1. The molecule has 3 heterocycles. The van der Waals surface area contributed by atoms with E-state index in [2.05, 4.69) is 29.3 Å². The molecule has 0 radical (unpaired) electrons. The minimum absolute atomic E-state index is 0.00751. The summed E-state index contributed by atoms with van der Waals surface area (Å²) in [5.74, 6) is 0.611. The predicted octanol–water partition coefficient (Wildman–Crippen LogP) is 3.54. The van der Waals surface area contributed by atoms with E-state index >= 15 is 0 Å². The Kier molecular flexibility index (Phi) is 6.03. The number of pyridine rings is 1. The van der Waals surface area contributed by atoms with Crippen LogP contribution in [0.25, 0.3) is 0 Å². The molecule has 0 saturated carbocycles. The van der Waals surface area contributed by atoms with Gasteiger partial charge in [0.2, 0.25) is 5.91 Å². The van der Waals surface area contributed by atoms with Gasteiger partial charge in [-0.05, 0) is 42.9 Å². The third-order valence-electron chi connectivity index (χ3n) is 6.03. The van der Waals surface area contributed by atoms with Crippen LogP contribution in [0.5, 0.6) is 0 Å². The van der Waals surface area contributed by atoms with Gasteiger partial charge in [0.25, 0.3) is 5.91 Å². The van der Waals surface area contributed by atoms with Gasteiger partial charge < -0.3 is 9.80 Å². The molecule has 2 amide bonds. The average Bonchev–Trinajstić information content (AvgIpc) is 2.96. The van der Waals surface area contributed by atoms with Crippen molar-refractivity contribution in [3.05, 3.63) is 78.1 Å². The third-order valence-corrected chi connectivity index (χ3v) is 6.03. The summed E-state index contributed by atoms with van der Waals surface area (Å²) in [6.07, 6.45) is 10.1. The van der Waals surface area contributed by atoms with Crippen LogP contribution in [-0.2, 0) is 11.3 Å². The summed E-state index contributed by atoms with van der Waals surface area (Å²) in [6, 6.07) is 13.8. The Labute approximate surface area is 172 Å². The molecule has 0 N–H and O–H groups in total. The van der Waals surface area contributed by atoms with Crippen LogP contribution in [0.15, 0.2) is 67.0 Å². The van der Waals surface area contributed by atoms with Gasteiger partial charge in [0.1, 0.15) is 0 Å². The third kappa shape index (κ3) is 4.56. The quantitative estimate of drug-likeness (QED) is 0.752. The van der Waals surface area contributed by atoms with Crippen LogP contribution in [0.3, 0.4) is 0 Å². The van der Waals surface area contributed by atoms with Crippen molar-refractivity contribution in [3.63, 3.8) is 0 Å². The molecule has 2 aromatic rings. The maximum absolute atomic E-state index is 13.3. The largest absolute Gasteiger partial charge is 0.339 e. The molecule has 2 aliphatic heterocycles. The summed E-state index contributed by atoms with van der Waals surface area (Å²) >= 11 is 0. The molecule has 0 bridgehead atoms. The molecule has 0 unspecified atom stereocenters. The number of rotatable bonds is 4. The van der Waals surface area contributed by atoms with Gasteiger partial charge in [0.05, 0.1) is 5.56 Å². The number of piperidine rings is 1. The van der Waals surface area contributed by atoms with Gasteiger partial charge in [0, 0.05) is 44.5 Å². The molecule has 1 aromatic carbocycles. The van der Waals surface area contributed by atoms with Crippen molar-refractivity contribution in [2.75, 3.05) is 19.6 Å². The monoisotopic (exact) mass is 389 g/mol. The number of hydrogen-bond donors (Lipinski definition) is 0. The Bertz CT molecular complexity index is 858. The first-order valence-electron chi connectivity index (χ1n) is 10.4. The second-order valence-electron chi connectivity index (χ2n) is 7.89. The Hall–Kier alpha value is -2.95. The van der Waals surface area contributed by atoms with E-state index in [1.54, 1.807) is 18.5 Å². The number of amides is 2. The highest BCUT2D eigenvalue weighted by Gasteiger charge is 2.35. The van der Waals surface area contributed by atoms with Crippen molar-refractivity contribution < 1.29 is 9.59 Å². The fourth-order valence-corrected chi connectivity index (χ4v) is 4.39. The van der Waals surface area contributed by atoms with Crippen molar-refractivity contribution in [1.29, 1.82) is 0 Å². The maximum Gasteiger partial charge on any atom is 0.255 e. The Morgan fingerprint density at radius 3 is 2.55 bits per heavy atom. The highest BCUT2D eigenvalue weighted by molar-refractivity contribution is 5.93. The normalized spacial score (nSPS) is 20.6. The van der Waals surface area contributed by atoms with Crippen LogP contribution in [0.2, 0.25) is 0 Å². The summed E-state index contributed by atoms with van der Waals surface area (Å²) < 4.78 is 0. The van der Waals surface area contributed by atoms with E-state index < -0.39 is 0 Å². The first-order chi connectivity index (χ1) is 14.2. The molecule has 1 fully saturated rings. The smallest absolute Gasteiger partial charge is 0.255 e.